The van der Waals surface area contributed by atoms with E-state index in [1.807, 2.05) is 50.5 Å². The van der Waals surface area contributed by atoms with E-state index in [2.05, 4.69) is 28.4 Å². The van der Waals surface area contributed by atoms with Crippen molar-refractivity contribution in [3.05, 3.63) is 65.2 Å². The Hall–Kier alpha value is -2.35. The van der Waals surface area contributed by atoms with Crippen LogP contribution in [0.25, 0.3) is 0 Å². The van der Waals surface area contributed by atoms with Crippen molar-refractivity contribution in [3.8, 4) is 11.8 Å². The van der Waals surface area contributed by atoms with Crippen molar-refractivity contribution in [2.24, 2.45) is 0 Å². The molecular weight excluding hydrogens is 286 g/mol. The van der Waals surface area contributed by atoms with Gasteiger partial charge in [0.25, 0.3) is 0 Å². The highest BCUT2D eigenvalue weighted by atomic mass is 16.5. The molecule has 0 fully saturated rings. The molecule has 1 N–H and O–H groups in total. The zero-order chi connectivity index (χ0) is 16.5. The number of hydrogen-bond acceptors (Lipinski definition) is 4. The summed E-state index contributed by atoms with van der Waals surface area (Å²) < 4.78 is 5.75. The van der Waals surface area contributed by atoms with E-state index in [1.54, 1.807) is 0 Å². The molecule has 0 radical (unpaired) electrons. The Bertz CT molecular complexity index is 662. The predicted octanol–water partition coefficient (Wildman–Crippen LogP) is 2.79. The molecule has 0 unspecified atom stereocenters. The smallest absolute Gasteiger partial charge is 0.119 e. The van der Waals surface area contributed by atoms with Crippen LogP contribution in [0.2, 0.25) is 0 Å². The molecule has 0 spiro atoms. The summed E-state index contributed by atoms with van der Waals surface area (Å²) in [6.07, 6.45) is 0. The van der Waals surface area contributed by atoms with Gasteiger partial charge in [-0.25, -0.2) is 0 Å². The van der Waals surface area contributed by atoms with Crippen LogP contribution in [0.1, 0.15) is 16.7 Å². The van der Waals surface area contributed by atoms with Gasteiger partial charge in [-0.2, -0.15) is 5.26 Å². The van der Waals surface area contributed by atoms with Gasteiger partial charge in [-0.1, -0.05) is 24.3 Å². The van der Waals surface area contributed by atoms with Crippen molar-refractivity contribution >= 4 is 0 Å². The Kier molecular flexibility index (Phi) is 6.61. The Morgan fingerprint density at radius 1 is 1.04 bits per heavy atom. The average molecular weight is 309 g/mol. The van der Waals surface area contributed by atoms with Crippen LogP contribution in [0.15, 0.2) is 48.5 Å². The first-order valence-corrected chi connectivity index (χ1v) is 7.73. The Morgan fingerprint density at radius 3 is 2.43 bits per heavy atom. The van der Waals surface area contributed by atoms with Crippen LogP contribution < -0.4 is 10.1 Å². The quantitative estimate of drug-likeness (QED) is 0.814. The molecule has 0 aromatic heterocycles. The van der Waals surface area contributed by atoms with Crippen molar-refractivity contribution in [2.75, 3.05) is 27.2 Å². The lowest BCUT2D eigenvalue weighted by molar-refractivity contribution is 0.261. The summed E-state index contributed by atoms with van der Waals surface area (Å²) in [6, 6.07) is 18.0. The lowest BCUT2D eigenvalue weighted by Gasteiger charge is -2.12. The summed E-state index contributed by atoms with van der Waals surface area (Å²) in [5.74, 6) is 0.901. The maximum atomic E-state index is 8.91. The van der Waals surface area contributed by atoms with Crippen LogP contribution in [0, 0.1) is 11.3 Å². The third-order valence-electron chi connectivity index (χ3n) is 3.42. The summed E-state index contributed by atoms with van der Waals surface area (Å²) in [4.78, 5) is 2.10. The maximum Gasteiger partial charge on any atom is 0.119 e. The summed E-state index contributed by atoms with van der Waals surface area (Å²) in [7, 11) is 4.07. The molecule has 0 saturated heterocycles. The molecule has 0 saturated carbocycles. The van der Waals surface area contributed by atoms with Crippen molar-refractivity contribution in [3.63, 3.8) is 0 Å². The first kappa shape index (κ1) is 17.0. The van der Waals surface area contributed by atoms with Gasteiger partial charge >= 0.3 is 0 Å². The highest BCUT2D eigenvalue weighted by Crippen LogP contribution is 2.13. The molecule has 2 aromatic rings. The zero-order valence-electron chi connectivity index (χ0n) is 13.7. The third-order valence-corrected chi connectivity index (χ3v) is 3.42. The minimum atomic E-state index is 0.685. The number of ether oxygens (including phenoxy) is 1. The molecule has 0 aliphatic rings. The van der Waals surface area contributed by atoms with E-state index in [4.69, 9.17) is 10.00 Å². The van der Waals surface area contributed by atoms with Crippen LogP contribution in [0.4, 0.5) is 0 Å². The summed E-state index contributed by atoms with van der Waals surface area (Å²) in [5.41, 5.74) is 2.99. The van der Waals surface area contributed by atoms with Crippen molar-refractivity contribution in [2.45, 2.75) is 13.1 Å². The minimum absolute atomic E-state index is 0.685. The SMILES string of the molecule is CN(C)CCOc1cccc(CNCc2cccc(C#N)c2)c1. The fraction of sp³-hybridized carbons (Fsp3) is 0.316. The molecule has 2 rings (SSSR count). The van der Waals surface area contributed by atoms with Crippen molar-refractivity contribution < 1.29 is 4.74 Å². The van der Waals surface area contributed by atoms with Gasteiger partial charge in [-0.3, -0.25) is 0 Å². The molecule has 23 heavy (non-hydrogen) atoms. The predicted molar refractivity (Wildman–Crippen MR) is 92.2 cm³/mol. The highest BCUT2D eigenvalue weighted by Gasteiger charge is 1.99. The topological polar surface area (TPSA) is 48.3 Å². The second-order valence-electron chi connectivity index (χ2n) is 5.71. The largest absolute Gasteiger partial charge is 0.492 e. The van der Waals surface area contributed by atoms with E-state index < -0.39 is 0 Å². The van der Waals surface area contributed by atoms with E-state index in [1.165, 1.54) is 5.56 Å². The molecule has 4 heteroatoms. The van der Waals surface area contributed by atoms with E-state index >= 15 is 0 Å². The first-order valence-electron chi connectivity index (χ1n) is 7.73. The Balaban J connectivity index is 1.82. The maximum absolute atomic E-state index is 8.91. The summed E-state index contributed by atoms with van der Waals surface area (Å²) in [5, 5.41) is 12.3. The number of nitriles is 1. The molecule has 120 valence electrons. The monoisotopic (exact) mass is 309 g/mol. The number of benzene rings is 2. The van der Waals surface area contributed by atoms with Gasteiger partial charge in [0, 0.05) is 19.6 Å². The number of rotatable bonds is 8. The van der Waals surface area contributed by atoms with Gasteiger partial charge in [0.1, 0.15) is 12.4 Å². The first-order chi connectivity index (χ1) is 11.2. The summed E-state index contributed by atoms with van der Waals surface area (Å²) >= 11 is 0. The third kappa shape index (κ3) is 6.11. The van der Waals surface area contributed by atoms with Gasteiger partial charge in [-0.15, -0.1) is 0 Å². The van der Waals surface area contributed by atoms with Crippen molar-refractivity contribution in [1.29, 1.82) is 5.26 Å². The molecular formula is C19H23N3O. The van der Waals surface area contributed by atoms with Gasteiger partial charge < -0.3 is 15.0 Å². The zero-order valence-corrected chi connectivity index (χ0v) is 13.7. The average Bonchev–Trinajstić information content (AvgIpc) is 2.55. The van der Waals surface area contributed by atoms with E-state index in [9.17, 15) is 0 Å². The Morgan fingerprint density at radius 2 is 1.74 bits per heavy atom. The molecule has 0 heterocycles. The molecule has 0 aliphatic heterocycles. The molecule has 0 amide bonds. The standard InChI is InChI=1S/C19H23N3O/c1-22(2)9-10-23-19-8-4-7-18(12-19)15-21-14-17-6-3-5-16(11-17)13-20/h3-8,11-12,21H,9-10,14-15H2,1-2H3. The van der Waals surface area contributed by atoms with E-state index in [-0.39, 0.29) is 0 Å². The normalized spacial score (nSPS) is 10.5. The molecule has 4 nitrogen and oxygen atoms in total. The molecule has 0 atom stereocenters. The lowest BCUT2D eigenvalue weighted by atomic mass is 10.1. The van der Waals surface area contributed by atoms with E-state index in [0.717, 1.165) is 30.9 Å². The van der Waals surface area contributed by atoms with Gasteiger partial charge in [-0.05, 0) is 49.5 Å². The van der Waals surface area contributed by atoms with E-state index in [0.29, 0.717) is 12.2 Å². The lowest BCUT2D eigenvalue weighted by Crippen LogP contribution is -2.19. The fourth-order valence-electron chi connectivity index (χ4n) is 2.19. The van der Waals surface area contributed by atoms with Crippen LogP contribution >= 0.6 is 0 Å². The molecule has 2 aromatic carbocycles. The second-order valence-corrected chi connectivity index (χ2v) is 5.71. The Labute approximate surface area is 138 Å². The van der Waals surface area contributed by atoms with Crippen LogP contribution in [0.5, 0.6) is 5.75 Å². The van der Waals surface area contributed by atoms with Gasteiger partial charge in [0.15, 0.2) is 0 Å². The minimum Gasteiger partial charge on any atom is -0.492 e. The number of nitrogens with zero attached hydrogens (tertiary/aromatic N) is 2. The molecule has 0 bridgehead atoms. The second kappa shape index (κ2) is 8.94. The number of nitrogens with one attached hydrogen (secondary N) is 1. The number of likely N-dealkylation sites (N-methyl/N-ethyl adjacent to an activating group) is 1. The number of hydrogen-bond donors (Lipinski definition) is 1. The summed E-state index contributed by atoms with van der Waals surface area (Å²) in [6.45, 7) is 3.09. The van der Waals surface area contributed by atoms with Crippen molar-refractivity contribution in [1.82, 2.24) is 10.2 Å². The van der Waals surface area contributed by atoms with Crippen LogP contribution in [0.3, 0.4) is 0 Å². The fourth-order valence-corrected chi connectivity index (χ4v) is 2.19. The van der Waals surface area contributed by atoms with Gasteiger partial charge in [0.05, 0.1) is 11.6 Å². The molecule has 0 aliphatic carbocycles. The van der Waals surface area contributed by atoms with Gasteiger partial charge in [0.2, 0.25) is 0 Å². The van der Waals surface area contributed by atoms with Crippen LogP contribution in [-0.4, -0.2) is 32.1 Å². The highest BCUT2D eigenvalue weighted by molar-refractivity contribution is 5.33. The van der Waals surface area contributed by atoms with Crippen LogP contribution in [-0.2, 0) is 13.1 Å².